The summed E-state index contributed by atoms with van der Waals surface area (Å²) in [5.41, 5.74) is 3.75. The van der Waals surface area contributed by atoms with Crippen molar-refractivity contribution in [2.75, 3.05) is 11.0 Å². The van der Waals surface area contributed by atoms with Gasteiger partial charge in [-0.2, -0.15) is 0 Å². The highest BCUT2D eigenvalue weighted by atomic mass is 79.9. The van der Waals surface area contributed by atoms with E-state index >= 15 is 0 Å². The van der Waals surface area contributed by atoms with Crippen LogP contribution in [0, 0.1) is 6.92 Å². The van der Waals surface area contributed by atoms with E-state index in [0.29, 0.717) is 6.42 Å². The van der Waals surface area contributed by atoms with Crippen LogP contribution in [-0.2, 0) is 11.8 Å². The highest BCUT2D eigenvalue weighted by molar-refractivity contribution is 9.10. The first-order valence-electron chi connectivity index (χ1n) is 8.46. The Morgan fingerprint density at radius 2 is 2.12 bits per heavy atom. The van der Waals surface area contributed by atoms with Gasteiger partial charge in [0.2, 0.25) is 5.91 Å². The van der Waals surface area contributed by atoms with Crippen LogP contribution in [0.4, 0.5) is 5.69 Å². The predicted molar refractivity (Wildman–Crippen MR) is 105 cm³/mol. The van der Waals surface area contributed by atoms with Gasteiger partial charge in [0.1, 0.15) is 5.82 Å². The summed E-state index contributed by atoms with van der Waals surface area (Å²) in [6.45, 7) is 2.02. The first-order chi connectivity index (χ1) is 12.0. The van der Waals surface area contributed by atoms with E-state index < -0.39 is 0 Å². The molecule has 2 aromatic rings. The van der Waals surface area contributed by atoms with Crippen LogP contribution in [0.5, 0.6) is 0 Å². The van der Waals surface area contributed by atoms with Crippen molar-refractivity contribution in [1.82, 2.24) is 14.9 Å². The number of imidazole rings is 1. The SMILES string of the molecule is CNC1C/C=C\CCC(=O)N(Br)c2cc(C)ccc2-c2cn(C)c1n2. The van der Waals surface area contributed by atoms with Crippen molar-refractivity contribution < 1.29 is 4.79 Å². The summed E-state index contributed by atoms with van der Waals surface area (Å²) < 4.78 is 3.63. The number of amides is 1. The third kappa shape index (κ3) is 3.70. The van der Waals surface area contributed by atoms with Gasteiger partial charge in [-0.15, -0.1) is 0 Å². The number of nitrogens with zero attached hydrogens (tertiary/aromatic N) is 3. The molecule has 5 nitrogen and oxygen atoms in total. The van der Waals surface area contributed by atoms with Crippen molar-refractivity contribution in [2.24, 2.45) is 7.05 Å². The molecule has 6 heteroatoms. The standard InChI is InChI=1S/C19H23BrN4O/c1-13-9-10-14-16-12-23(3)19(22-16)15(21-2)7-5-4-6-8-18(25)24(20)17(14)11-13/h4-5,9-12,15,21H,6-8H2,1-3H3/b5-4-. The summed E-state index contributed by atoms with van der Waals surface area (Å²) in [5.74, 6) is 1.03. The van der Waals surface area contributed by atoms with E-state index in [1.54, 1.807) is 3.93 Å². The van der Waals surface area contributed by atoms with Gasteiger partial charge in [-0.05, 0) is 38.4 Å². The third-order valence-electron chi connectivity index (χ3n) is 4.50. The molecule has 1 aliphatic heterocycles. The van der Waals surface area contributed by atoms with Crippen LogP contribution in [0.15, 0.2) is 36.5 Å². The Morgan fingerprint density at radius 1 is 1.32 bits per heavy atom. The van der Waals surface area contributed by atoms with Crippen LogP contribution in [0.25, 0.3) is 11.3 Å². The molecule has 132 valence electrons. The lowest BCUT2D eigenvalue weighted by molar-refractivity contribution is -0.117. The van der Waals surface area contributed by atoms with E-state index in [-0.39, 0.29) is 11.9 Å². The fraction of sp³-hybridized carbons (Fsp3) is 0.368. The van der Waals surface area contributed by atoms with E-state index in [1.807, 2.05) is 45.4 Å². The third-order valence-corrected chi connectivity index (χ3v) is 5.27. The summed E-state index contributed by atoms with van der Waals surface area (Å²) >= 11 is 3.47. The number of halogens is 1. The van der Waals surface area contributed by atoms with Crippen molar-refractivity contribution in [1.29, 1.82) is 0 Å². The van der Waals surface area contributed by atoms with Crippen LogP contribution in [0.2, 0.25) is 0 Å². The Kier molecular flexibility index (Phi) is 5.39. The zero-order valence-electron chi connectivity index (χ0n) is 14.8. The molecule has 0 saturated carbocycles. The molecule has 1 N–H and O–H groups in total. The van der Waals surface area contributed by atoms with E-state index in [9.17, 15) is 4.79 Å². The number of aryl methyl sites for hydroxylation is 2. The molecule has 1 amide bonds. The van der Waals surface area contributed by atoms with Crippen molar-refractivity contribution >= 4 is 27.7 Å². The van der Waals surface area contributed by atoms with Crippen molar-refractivity contribution in [2.45, 2.75) is 32.2 Å². The van der Waals surface area contributed by atoms with Crippen molar-refractivity contribution in [3.8, 4) is 11.3 Å². The maximum Gasteiger partial charge on any atom is 0.237 e. The van der Waals surface area contributed by atoms with E-state index in [2.05, 4.69) is 38.2 Å². The fourth-order valence-electron chi connectivity index (χ4n) is 3.10. The molecule has 0 radical (unpaired) electrons. The normalized spacial score (nSPS) is 19.6. The zero-order valence-corrected chi connectivity index (χ0v) is 16.4. The molecule has 25 heavy (non-hydrogen) atoms. The molecule has 3 rings (SSSR count). The monoisotopic (exact) mass is 402 g/mol. The molecule has 1 aliphatic rings. The fourth-order valence-corrected chi connectivity index (χ4v) is 3.57. The highest BCUT2D eigenvalue weighted by Crippen LogP contribution is 2.34. The lowest BCUT2D eigenvalue weighted by Gasteiger charge is -2.18. The number of allylic oxidation sites excluding steroid dienone is 1. The quantitative estimate of drug-likeness (QED) is 0.578. The minimum Gasteiger partial charge on any atom is -0.336 e. The first-order valence-corrected chi connectivity index (χ1v) is 9.17. The number of benzene rings is 1. The molecule has 2 heterocycles. The second-order valence-corrected chi connectivity index (χ2v) is 7.09. The number of hydrogen-bond acceptors (Lipinski definition) is 3. The molecule has 1 atom stereocenters. The number of carbonyl (C=O) groups is 1. The Hall–Kier alpha value is -1.92. The Balaban J connectivity index is 2.16. The zero-order chi connectivity index (χ0) is 18.0. The van der Waals surface area contributed by atoms with Crippen LogP contribution in [-0.4, -0.2) is 22.5 Å². The molecular formula is C19H23BrN4O. The molecule has 0 fully saturated rings. The van der Waals surface area contributed by atoms with Gasteiger partial charge in [0.05, 0.1) is 33.6 Å². The average Bonchev–Trinajstić information content (AvgIpc) is 2.98. The number of rotatable bonds is 1. The first kappa shape index (κ1) is 17.9. The number of anilines is 1. The number of nitrogens with one attached hydrogen (secondary N) is 1. The second kappa shape index (κ2) is 7.54. The summed E-state index contributed by atoms with van der Waals surface area (Å²) in [7, 11) is 3.96. The molecule has 0 aliphatic carbocycles. The molecular weight excluding hydrogens is 380 g/mol. The van der Waals surface area contributed by atoms with E-state index in [4.69, 9.17) is 4.98 Å². The summed E-state index contributed by atoms with van der Waals surface area (Å²) in [5, 5.41) is 3.34. The van der Waals surface area contributed by atoms with Crippen LogP contribution >= 0.6 is 16.1 Å². The van der Waals surface area contributed by atoms with Crippen molar-refractivity contribution in [3.05, 3.63) is 47.9 Å². The Labute approximate surface area is 157 Å². The van der Waals surface area contributed by atoms with Gasteiger partial charge >= 0.3 is 0 Å². The summed E-state index contributed by atoms with van der Waals surface area (Å²) in [6.07, 6.45) is 8.25. The maximum absolute atomic E-state index is 12.5. The van der Waals surface area contributed by atoms with Crippen molar-refractivity contribution in [3.63, 3.8) is 0 Å². The molecule has 1 unspecified atom stereocenters. The smallest absolute Gasteiger partial charge is 0.237 e. The topological polar surface area (TPSA) is 50.2 Å². The minimum atomic E-state index is 0.0390. The number of aromatic nitrogens is 2. The van der Waals surface area contributed by atoms with Gasteiger partial charge in [0.15, 0.2) is 0 Å². The van der Waals surface area contributed by atoms with Crippen LogP contribution < -0.4 is 9.24 Å². The molecule has 2 bridgehead atoms. The number of carbonyl (C=O) groups excluding carboxylic acids is 1. The lowest BCUT2D eigenvalue weighted by atomic mass is 10.1. The van der Waals surface area contributed by atoms with Gasteiger partial charge < -0.3 is 9.88 Å². The van der Waals surface area contributed by atoms with Crippen LogP contribution in [0.1, 0.15) is 36.7 Å². The number of fused-ring (bicyclic) bond motifs is 4. The second-order valence-electron chi connectivity index (χ2n) is 6.38. The largest absolute Gasteiger partial charge is 0.336 e. The van der Waals surface area contributed by atoms with Crippen LogP contribution in [0.3, 0.4) is 0 Å². The highest BCUT2D eigenvalue weighted by Gasteiger charge is 2.21. The molecule has 1 aromatic heterocycles. The summed E-state index contributed by atoms with van der Waals surface area (Å²) in [4.78, 5) is 17.4. The Bertz CT molecular complexity index is 812. The minimum absolute atomic E-state index is 0.0390. The average molecular weight is 403 g/mol. The predicted octanol–water partition coefficient (Wildman–Crippen LogP) is 4.04. The van der Waals surface area contributed by atoms with Gasteiger partial charge in [0.25, 0.3) is 0 Å². The number of hydrogen-bond donors (Lipinski definition) is 1. The molecule has 0 spiro atoms. The van der Waals surface area contributed by atoms with Gasteiger partial charge in [-0.25, -0.2) is 8.91 Å². The summed E-state index contributed by atoms with van der Waals surface area (Å²) in [6, 6.07) is 6.24. The molecule has 0 saturated heterocycles. The van der Waals surface area contributed by atoms with Gasteiger partial charge in [-0.1, -0.05) is 24.3 Å². The van der Waals surface area contributed by atoms with E-state index in [1.165, 1.54) is 0 Å². The molecule has 1 aromatic carbocycles. The Morgan fingerprint density at radius 3 is 2.88 bits per heavy atom. The van der Waals surface area contributed by atoms with E-state index in [0.717, 1.165) is 41.2 Å². The van der Waals surface area contributed by atoms with Gasteiger partial charge in [-0.3, -0.25) is 4.79 Å². The maximum atomic E-state index is 12.5. The lowest BCUT2D eigenvalue weighted by Crippen LogP contribution is -2.20. The van der Waals surface area contributed by atoms with Gasteiger partial charge in [0, 0.05) is 25.2 Å².